The lowest BCUT2D eigenvalue weighted by molar-refractivity contribution is 0.402. The lowest BCUT2D eigenvalue weighted by atomic mass is 10.5. The minimum atomic E-state index is -3.64. The Bertz CT molecular complexity index is 546. The molecule has 0 aromatic carbocycles. The Balaban J connectivity index is 2.41. The number of hydrogen-bond donors (Lipinski definition) is 1. The Kier molecular flexibility index (Phi) is 3.35. The molecule has 6 heteroatoms. The van der Waals surface area contributed by atoms with Crippen molar-refractivity contribution in [2.75, 3.05) is 6.54 Å². The van der Waals surface area contributed by atoms with E-state index in [1.807, 2.05) is 6.92 Å². The maximum absolute atomic E-state index is 12.3. The minimum absolute atomic E-state index is 0.0829. The third-order valence-corrected chi connectivity index (χ3v) is 4.75. The van der Waals surface area contributed by atoms with E-state index in [2.05, 4.69) is 4.98 Å². The Morgan fingerprint density at radius 2 is 2.18 bits per heavy atom. The lowest BCUT2D eigenvalue weighted by Gasteiger charge is -2.20. The van der Waals surface area contributed by atoms with Gasteiger partial charge >= 0.3 is 0 Å². The van der Waals surface area contributed by atoms with Gasteiger partial charge in [-0.25, -0.2) is 8.42 Å². The summed E-state index contributed by atoms with van der Waals surface area (Å²) in [5.41, 5.74) is -0.453. The first-order valence-electron chi connectivity index (χ1n) is 5.76. The fourth-order valence-corrected chi connectivity index (χ4v) is 3.63. The van der Waals surface area contributed by atoms with Crippen molar-refractivity contribution in [3.63, 3.8) is 0 Å². The zero-order valence-corrected chi connectivity index (χ0v) is 10.5. The summed E-state index contributed by atoms with van der Waals surface area (Å²) in [5.74, 6) is 0. The van der Waals surface area contributed by atoms with Crippen LogP contribution in [-0.2, 0) is 10.0 Å². The predicted molar refractivity (Wildman–Crippen MR) is 64.3 cm³/mol. The van der Waals surface area contributed by atoms with E-state index in [1.165, 1.54) is 22.8 Å². The summed E-state index contributed by atoms with van der Waals surface area (Å²) in [6, 6.07) is 1.32. The quantitative estimate of drug-likeness (QED) is 0.852. The number of aromatic amines is 1. The van der Waals surface area contributed by atoms with Crippen LogP contribution in [-0.4, -0.2) is 30.3 Å². The molecular formula is C11H16N2O3S. The van der Waals surface area contributed by atoms with Gasteiger partial charge < -0.3 is 4.98 Å². The molecule has 5 nitrogen and oxygen atoms in total. The van der Waals surface area contributed by atoms with Crippen molar-refractivity contribution in [1.29, 1.82) is 0 Å². The van der Waals surface area contributed by atoms with Crippen molar-refractivity contribution in [1.82, 2.24) is 9.29 Å². The Labute approximate surface area is 101 Å². The number of nitrogens with zero attached hydrogens (tertiary/aromatic N) is 1. The summed E-state index contributed by atoms with van der Waals surface area (Å²) in [6.07, 6.45) is 5.24. The van der Waals surface area contributed by atoms with Gasteiger partial charge in [0.15, 0.2) is 0 Å². The van der Waals surface area contributed by atoms with Gasteiger partial charge in [0.25, 0.3) is 0 Å². The highest BCUT2D eigenvalue weighted by atomic mass is 32.2. The van der Waals surface area contributed by atoms with Crippen LogP contribution in [0.15, 0.2) is 28.2 Å². The van der Waals surface area contributed by atoms with Gasteiger partial charge in [-0.15, -0.1) is 0 Å². The molecule has 1 aliphatic rings. The summed E-state index contributed by atoms with van der Waals surface area (Å²) in [7, 11) is -3.64. The van der Waals surface area contributed by atoms with Gasteiger partial charge in [-0.3, -0.25) is 4.79 Å². The number of rotatable bonds is 5. The van der Waals surface area contributed by atoms with E-state index in [9.17, 15) is 13.2 Å². The Morgan fingerprint density at radius 3 is 2.71 bits per heavy atom. The highest BCUT2D eigenvalue weighted by Crippen LogP contribution is 2.31. The maximum Gasteiger partial charge on any atom is 0.248 e. The number of nitrogens with one attached hydrogen (secondary N) is 1. The fraction of sp³-hybridized carbons (Fsp3) is 0.545. The average molecular weight is 256 g/mol. The summed E-state index contributed by atoms with van der Waals surface area (Å²) >= 11 is 0. The van der Waals surface area contributed by atoms with Crippen LogP contribution in [0.25, 0.3) is 0 Å². The molecule has 1 heterocycles. The van der Waals surface area contributed by atoms with E-state index in [1.54, 1.807) is 0 Å². The van der Waals surface area contributed by atoms with Crippen LogP contribution < -0.4 is 5.43 Å². The SMILES string of the molecule is CCCN(C1CC1)S(=O)(=O)c1c[nH]ccc1=O. The van der Waals surface area contributed by atoms with Crippen LogP contribution in [0.2, 0.25) is 0 Å². The zero-order chi connectivity index (χ0) is 12.5. The molecule has 0 bridgehead atoms. The second-order valence-electron chi connectivity index (χ2n) is 4.22. The van der Waals surface area contributed by atoms with E-state index in [-0.39, 0.29) is 10.9 Å². The number of sulfonamides is 1. The monoisotopic (exact) mass is 256 g/mol. The van der Waals surface area contributed by atoms with E-state index < -0.39 is 15.5 Å². The van der Waals surface area contributed by atoms with Crippen molar-refractivity contribution in [2.45, 2.75) is 37.1 Å². The molecule has 1 N–H and O–H groups in total. The third kappa shape index (κ3) is 2.42. The molecule has 0 saturated heterocycles. The molecule has 0 aliphatic heterocycles. The smallest absolute Gasteiger partial charge is 0.248 e. The highest BCUT2D eigenvalue weighted by molar-refractivity contribution is 7.89. The van der Waals surface area contributed by atoms with Crippen molar-refractivity contribution in [3.8, 4) is 0 Å². The normalized spacial score (nSPS) is 16.4. The third-order valence-electron chi connectivity index (χ3n) is 2.77. The van der Waals surface area contributed by atoms with E-state index >= 15 is 0 Å². The van der Waals surface area contributed by atoms with Crippen LogP contribution in [0, 0.1) is 0 Å². The van der Waals surface area contributed by atoms with Crippen LogP contribution in [0.3, 0.4) is 0 Å². The maximum atomic E-state index is 12.3. The molecule has 1 fully saturated rings. The summed E-state index contributed by atoms with van der Waals surface area (Å²) < 4.78 is 26.1. The first kappa shape index (κ1) is 12.3. The van der Waals surface area contributed by atoms with E-state index in [4.69, 9.17) is 0 Å². The zero-order valence-electron chi connectivity index (χ0n) is 9.72. The largest absolute Gasteiger partial charge is 0.366 e. The van der Waals surface area contributed by atoms with Crippen molar-refractivity contribution < 1.29 is 8.42 Å². The molecule has 17 heavy (non-hydrogen) atoms. The average Bonchev–Trinajstić information content (AvgIpc) is 3.10. The predicted octanol–water partition coefficient (Wildman–Crippen LogP) is 0.938. The molecule has 0 atom stereocenters. The molecule has 1 aliphatic carbocycles. The topological polar surface area (TPSA) is 70.2 Å². The molecule has 94 valence electrons. The second-order valence-corrected chi connectivity index (χ2v) is 6.08. The summed E-state index contributed by atoms with van der Waals surface area (Å²) in [6.45, 7) is 2.40. The van der Waals surface area contributed by atoms with Gasteiger partial charge in [-0.05, 0) is 19.3 Å². The van der Waals surface area contributed by atoms with Crippen molar-refractivity contribution in [3.05, 3.63) is 28.7 Å². The molecule has 1 aromatic heterocycles. The summed E-state index contributed by atoms with van der Waals surface area (Å²) in [5, 5.41) is 0. The van der Waals surface area contributed by atoms with Crippen molar-refractivity contribution >= 4 is 10.0 Å². The second kappa shape index (κ2) is 4.62. The molecular weight excluding hydrogens is 240 g/mol. The van der Waals surface area contributed by atoms with Gasteiger partial charge in [0.2, 0.25) is 15.5 Å². The van der Waals surface area contributed by atoms with Crippen LogP contribution in [0.1, 0.15) is 26.2 Å². The van der Waals surface area contributed by atoms with Crippen LogP contribution >= 0.6 is 0 Å². The van der Waals surface area contributed by atoms with Gasteiger partial charge in [0, 0.05) is 31.0 Å². The molecule has 0 radical (unpaired) electrons. The summed E-state index contributed by atoms with van der Waals surface area (Å²) in [4.78, 5) is 14.1. The van der Waals surface area contributed by atoms with E-state index in [0.717, 1.165) is 19.3 Å². The fourth-order valence-electron chi connectivity index (χ4n) is 1.81. The Morgan fingerprint density at radius 1 is 1.47 bits per heavy atom. The highest BCUT2D eigenvalue weighted by Gasteiger charge is 2.38. The minimum Gasteiger partial charge on any atom is -0.366 e. The first-order valence-corrected chi connectivity index (χ1v) is 7.20. The van der Waals surface area contributed by atoms with Gasteiger partial charge in [0.1, 0.15) is 4.90 Å². The van der Waals surface area contributed by atoms with Gasteiger partial charge in [0.05, 0.1) is 0 Å². The first-order chi connectivity index (χ1) is 8.07. The number of H-pyrrole nitrogens is 1. The number of aromatic nitrogens is 1. The van der Waals surface area contributed by atoms with Crippen LogP contribution in [0.4, 0.5) is 0 Å². The van der Waals surface area contributed by atoms with Gasteiger partial charge in [-0.1, -0.05) is 6.92 Å². The molecule has 1 saturated carbocycles. The van der Waals surface area contributed by atoms with Gasteiger partial charge in [-0.2, -0.15) is 4.31 Å². The Hall–Kier alpha value is -1.14. The molecule has 0 unspecified atom stereocenters. The standard InChI is InChI=1S/C11H16N2O3S/c1-2-7-13(9-3-4-9)17(15,16)11-8-12-6-5-10(11)14/h5-6,8-9H,2-4,7H2,1H3,(H,12,14). The number of pyridine rings is 1. The molecule has 1 aromatic rings. The van der Waals surface area contributed by atoms with Crippen molar-refractivity contribution in [2.24, 2.45) is 0 Å². The van der Waals surface area contributed by atoms with E-state index in [0.29, 0.717) is 6.54 Å². The molecule has 2 rings (SSSR count). The van der Waals surface area contributed by atoms with Crippen LogP contribution in [0.5, 0.6) is 0 Å². The molecule has 0 spiro atoms. The molecule has 0 amide bonds. The lowest BCUT2D eigenvalue weighted by Crippen LogP contribution is -2.36. The number of hydrogen-bond acceptors (Lipinski definition) is 3.